The van der Waals surface area contributed by atoms with E-state index in [1.54, 1.807) is 15.9 Å². The second kappa shape index (κ2) is 6.22. The van der Waals surface area contributed by atoms with Crippen LogP contribution in [0.4, 0.5) is 10.9 Å². The van der Waals surface area contributed by atoms with Gasteiger partial charge in [0.05, 0.1) is 16.5 Å². The van der Waals surface area contributed by atoms with Crippen molar-refractivity contribution in [1.82, 2.24) is 19.4 Å². The minimum absolute atomic E-state index is 0.166. The van der Waals surface area contributed by atoms with Gasteiger partial charge in [-0.2, -0.15) is 0 Å². The molecule has 0 aliphatic carbocycles. The lowest BCUT2D eigenvalue weighted by molar-refractivity contribution is -0.389. The summed E-state index contributed by atoms with van der Waals surface area (Å²) in [5.41, 5.74) is -0.413. The molecule has 0 bridgehead atoms. The van der Waals surface area contributed by atoms with Crippen LogP contribution in [-0.4, -0.2) is 62.7 Å². The highest BCUT2D eigenvalue weighted by Crippen LogP contribution is 2.32. The molecule has 9 nitrogen and oxygen atoms in total. The van der Waals surface area contributed by atoms with Gasteiger partial charge < -0.3 is 19.8 Å². The fourth-order valence-electron chi connectivity index (χ4n) is 3.33. The highest BCUT2D eigenvalue weighted by atomic mass is 79.9. The molecule has 0 radical (unpaired) electrons. The van der Waals surface area contributed by atoms with Gasteiger partial charge in [0.15, 0.2) is 5.13 Å². The quantitative estimate of drug-likeness (QED) is 0.543. The van der Waals surface area contributed by atoms with Crippen LogP contribution in [-0.2, 0) is 6.54 Å². The number of ether oxygens (including phenoxy) is 1. The molecular formula is C14H17BrN6O3S. The zero-order valence-electron chi connectivity index (χ0n) is 13.6. The van der Waals surface area contributed by atoms with Crippen LogP contribution in [0.3, 0.4) is 0 Å². The van der Waals surface area contributed by atoms with Gasteiger partial charge in [-0.15, -0.1) is 0 Å². The zero-order chi connectivity index (χ0) is 17.6. The number of aromatic nitrogens is 3. The van der Waals surface area contributed by atoms with Gasteiger partial charge in [-0.3, -0.25) is 9.47 Å². The summed E-state index contributed by atoms with van der Waals surface area (Å²) >= 11 is 5.10. The number of hydrogen-bond donors (Lipinski definition) is 0. The van der Waals surface area contributed by atoms with Gasteiger partial charge in [0.1, 0.15) is 11.8 Å². The number of halogens is 1. The highest BCUT2D eigenvalue weighted by Gasteiger charge is 2.41. The maximum absolute atomic E-state index is 10.8. The summed E-state index contributed by atoms with van der Waals surface area (Å²) < 4.78 is 8.68. The number of rotatable bonds is 4. The number of piperazine rings is 1. The molecule has 4 rings (SSSR count). The molecule has 1 fully saturated rings. The molecule has 1 saturated heterocycles. The lowest BCUT2D eigenvalue weighted by Crippen LogP contribution is -2.52. The number of thiazole rings is 1. The Bertz CT molecular complexity index is 777. The number of nitro groups is 1. The van der Waals surface area contributed by atoms with E-state index >= 15 is 0 Å². The van der Waals surface area contributed by atoms with Crippen LogP contribution in [0, 0.1) is 10.1 Å². The zero-order valence-corrected chi connectivity index (χ0v) is 16.0. The molecule has 11 heteroatoms. The van der Waals surface area contributed by atoms with Crippen molar-refractivity contribution in [2.45, 2.75) is 19.1 Å². The summed E-state index contributed by atoms with van der Waals surface area (Å²) in [6.07, 6.45) is 3.28. The molecule has 4 heterocycles. The van der Waals surface area contributed by atoms with E-state index in [1.165, 1.54) is 6.20 Å². The molecule has 0 N–H and O–H groups in total. The van der Waals surface area contributed by atoms with Crippen molar-refractivity contribution >= 4 is 38.2 Å². The van der Waals surface area contributed by atoms with Crippen molar-refractivity contribution in [2.75, 3.05) is 37.6 Å². The van der Waals surface area contributed by atoms with Crippen molar-refractivity contribution in [2.24, 2.45) is 0 Å². The molecule has 2 aromatic heterocycles. The first-order chi connectivity index (χ1) is 11.9. The number of hydrogen-bond acceptors (Lipinski definition) is 8. The van der Waals surface area contributed by atoms with Crippen LogP contribution in [0.1, 0.15) is 6.92 Å². The Hall–Kier alpha value is -1.72. The third kappa shape index (κ3) is 3.35. The first-order valence-corrected chi connectivity index (χ1v) is 9.52. The average Bonchev–Trinajstić information content (AvgIpc) is 3.21. The number of fused-ring (bicyclic) bond motifs is 1. The first kappa shape index (κ1) is 16.7. The molecule has 134 valence electrons. The summed E-state index contributed by atoms with van der Waals surface area (Å²) in [4.78, 5) is 23.3. The van der Waals surface area contributed by atoms with Gasteiger partial charge in [-0.1, -0.05) is 11.3 Å². The predicted molar refractivity (Wildman–Crippen MR) is 96.4 cm³/mol. The smallest absolute Gasteiger partial charge is 0.415 e. The standard InChI is InChI=1S/C14H17BrN6O3S/c1-14(9-20-7-11(21(22)23)17-12(20)24-14)8-18-2-4-19(5-3-18)13-16-6-10(15)25-13/h6-7H,2-5,8-9H2,1H3. The second-order valence-corrected chi connectivity index (χ2v) is 8.92. The van der Waals surface area contributed by atoms with E-state index < -0.39 is 10.5 Å². The van der Waals surface area contributed by atoms with Crippen LogP contribution in [0.25, 0.3) is 0 Å². The predicted octanol–water partition coefficient (Wildman–Crippen LogP) is 1.98. The summed E-state index contributed by atoms with van der Waals surface area (Å²) in [5, 5.41) is 11.8. The van der Waals surface area contributed by atoms with Crippen molar-refractivity contribution in [3.05, 3.63) is 26.3 Å². The van der Waals surface area contributed by atoms with E-state index in [2.05, 4.69) is 35.7 Å². The number of nitrogens with zero attached hydrogens (tertiary/aromatic N) is 6. The van der Waals surface area contributed by atoms with Crippen molar-refractivity contribution in [1.29, 1.82) is 0 Å². The lowest BCUT2D eigenvalue weighted by Gasteiger charge is -2.37. The van der Waals surface area contributed by atoms with Crippen LogP contribution in [0.5, 0.6) is 6.01 Å². The summed E-state index contributed by atoms with van der Waals surface area (Å²) in [5.74, 6) is -0.166. The van der Waals surface area contributed by atoms with Crippen LogP contribution in [0.15, 0.2) is 16.2 Å². The third-order valence-corrected chi connectivity index (χ3v) is 5.96. The molecular weight excluding hydrogens is 412 g/mol. The lowest BCUT2D eigenvalue weighted by atomic mass is 10.1. The monoisotopic (exact) mass is 428 g/mol. The fraction of sp³-hybridized carbons (Fsp3) is 0.571. The molecule has 25 heavy (non-hydrogen) atoms. The molecule has 1 atom stereocenters. The third-order valence-electron chi connectivity index (χ3n) is 4.42. The number of imidazole rings is 1. The van der Waals surface area contributed by atoms with Crippen LogP contribution < -0.4 is 9.64 Å². The summed E-state index contributed by atoms with van der Waals surface area (Å²) in [6, 6.07) is 0.334. The van der Waals surface area contributed by atoms with Gasteiger partial charge in [0.2, 0.25) is 0 Å². The average molecular weight is 429 g/mol. The van der Waals surface area contributed by atoms with E-state index in [0.29, 0.717) is 12.6 Å². The molecule has 1 unspecified atom stereocenters. The Morgan fingerprint density at radius 3 is 2.80 bits per heavy atom. The maximum atomic E-state index is 10.8. The van der Waals surface area contributed by atoms with E-state index in [1.807, 2.05) is 13.1 Å². The van der Waals surface area contributed by atoms with Crippen LogP contribution >= 0.6 is 27.3 Å². The molecule has 2 aliphatic rings. The summed E-state index contributed by atoms with van der Waals surface area (Å²) in [6.45, 7) is 7.07. The SMILES string of the molecule is CC1(CN2CCN(c3ncc(Br)s3)CC2)Cn2cc([N+](=O)[O-])nc2O1. The van der Waals surface area contributed by atoms with Gasteiger partial charge in [0.25, 0.3) is 0 Å². The molecule has 0 amide bonds. The van der Waals surface area contributed by atoms with Crippen molar-refractivity contribution in [3.8, 4) is 6.01 Å². The van der Waals surface area contributed by atoms with E-state index in [9.17, 15) is 10.1 Å². The van der Waals surface area contributed by atoms with Crippen molar-refractivity contribution < 1.29 is 9.66 Å². The Morgan fingerprint density at radius 2 is 2.20 bits per heavy atom. The largest absolute Gasteiger partial charge is 0.436 e. The Kier molecular flexibility index (Phi) is 4.16. The van der Waals surface area contributed by atoms with Gasteiger partial charge >= 0.3 is 11.8 Å². The normalized spacial score (nSPS) is 23.5. The fourth-order valence-corrected chi connectivity index (χ4v) is 4.56. The molecule has 0 saturated carbocycles. The molecule has 0 spiro atoms. The van der Waals surface area contributed by atoms with Gasteiger partial charge in [-0.05, 0) is 27.8 Å². The highest BCUT2D eigenvalue weighted by molar-refractivity contribution is 9.11. The van der Waals surface area contributed by atoms with Gasteiger partial charge in [0, 0.05) is 37.7 Å². The molecule has 2 aliphatic heterocycles. The first-order valence-electron chi connectivity index (χ1n) is 7.91. The molecule has 0 aromatic carbocycles. The van der Waals surface area contributed by atoms with E-state index in [-0.39, 0.29) is 5.82 Å². The minimum atomic E-state index is -0.498. The topological polar surface area (TPSA) is 89.6 Å². The van der Waals surface area contributed by atoms with Crippen molar-refractivity contribution in [3.63, 3.8) is 0 Å². The maximum Gasteiger partial charge on any atom is 0.415 e. The van der Waals surface area contributed by atoms with E-state index in [0.717, 1.165) is 41.6 Å². The Morgan fingerprint density at radius 1 is 1.44 bits per heavy atom. The van der Waals surface area contributed by atoms with E-state index in [4.69, 9.17) is 4.74 Å². The minimum Gasteiger partial charge on any atom is -0.436 e. The Labute approximate surface area is 156 Å². The Balaban J connectivity index is 1.34. The van der Waals surface area contributed by atoms with Crippen LogP contribution in [0.2, 0.25) is 0 Å². The summed E-state index contributed by atoms with van der Waals surface area (Å²) in [7, 11) is 0. The second-order valence-electron chi connectivity index (χ2n) is 6.53. The molecule has 2 aromatic rings. The number of anilines is 1. The van der Waals surface area contributed by atoms with Gasteiger partial charge in [-0.25, -0.2) is 4.98 Å².